The minimum atomic E-state index is -4.26. The van der Waals surface area contributed by atoms with Crippen LogP contribution in [0.4, 0.5) is 0 Å². The summed E-state index contributed by atoms with van der Waals surface area (Å²) in [5, 5.41) is 3.09. The lowest BCUT2D eigenvalue weighted by atomic mass is 9.44. The first-order chi connectivity index (χ1) is 18.3. The largest absolute Gasteiger partial charge is 0.348 e. The highest BCUT2D eigenvalue weighted by Crippen LogP contribution is 2.67. The van der Waals surface area contributed by atoms with Crippen LogP contribution in [0.25, 0.3) is 0 Å². The number of amides is 1. The van der Waals surface area contributed by atoms with E-state index in [1.54, 1.807) is 6.07 Å². The number of carbonyl (C=O) groups is 3. The van der Waals surface area contributed by atoms with E-state index in [9.17, 15) is 27.4 Å². The predicted octanol–water partition coefficient (Wildman–Crippen LogP) is 6.00. The second-order valence-corrected chi connectivity index (χ2v) is 16.2. The number of ketones is 2. The third kappa shape index (κ3) is 5.05. The van der Waals surface area contributed by atoms with Crippen LogP contribution in [-0.4, -0.2) is 30.4 Å². The number of hydrogen-bond acceptors (Lipinski definition) is 6. The fourth-order valence-electron chi connectivity index (χ4n) is 9.42. The van der Waals surface area contributed by atoms with E-state index in [1.165, 1.54) is 6.07 Å². The first-order valence-corrected chi connectivity index (χ1v) is 16.9. The minimum absolute atomic E-state index is 0.0342. The van der Waals surface area contributed by atoms with E-state index in [1.807, 2.05) is 6.92 Å². The molecule has 1 aromatic rings. The van der Waals surface area contributed by atoms with Gasteiger partial charge in [-0.2, -0.15) is 8.42 Å². The number of fused-ring (bicyclic) bond motifs is 5. The molecule has 4 fully saturated rings. The molecule has 2 N–H and O–H groups in total. The Labute approximate surface area is 236 Å². The van der Waals surface area contributed by atoms with Crippen LogP contribution in [0.15, 0.2) is 16.3 Å². The zero-order valence-corrected chi connectivity index (χ0v) is 25.2. The van der Waals surface area contributed by atoms with Crippen molar-refractivity contribution >= 4 is 38.9 Å². The highest BCUT2D eigenvalue weighted by Gasteiger charge is 2.63. The van der Waals surface area contributed by atoms with Crippen LogP contribution in [0.3, 0.4) is 0 Å². The van der Waals surface area contributed by atoms with Gasteiger partial charge in [-0.05, 0) is 91.1 Å². The molecular weight excluding hydrogens is 534 g/mol. The Hall–Kier alpha value is -1.58. The number of rotatable bonds is 7. The summed E-state index contributed by atoms with van der Waals surface area (Å²) < 4.78 is 32.2. The SMILES string of the molecule is CCC(NC(=O)C[C@@H](C)C1CC[C@H]2[C@@H]3C(=O)C[C@@H]4CC(=O)CC[C@]4(C)[C@H]3CC[C@]12C)c1ccc(S(=O)(=O)O)s1. The quantitative estimate of drug-likeness (QED) is 0.384. The van der Waals surface area contributed by atoms with Crippen molar-refractivity contribution in [2.45, 2.75) is 102 Å². The highest BCUT2D eigenvalue weighted by atomic mass is 32.3. The second kappa shape index (κ2) is 10.4. The molecule has 0 saturated heterocycles. The maximum atomic E-state index is 13.6. The summed E-state index contributed by atoms with van der Waals surface area (Å²) in [6.45, 7) is 8.83. The van der Waals surface area contributed by atoms with Gasteiger partial charge in [0, 0.05) is 36.5 Å². The van der Waals surface area contributed by atoms with Crippen LogP contribution in [-0.2, 0) is 24.5 Å². The summed E-state index contributed by atoms with van der Waals surface area (Å²) in [5.41, 5.74) is 0.121. The molecule has 0 spiro atoms. The van der Waals surface area contributed by atoms with E-state index < -0.39 is 10.1 Å². The van der Waals surface area contributed by atoms with Crippen molar-refractivity contribution in [2.24, 2.45) is 46.3 Å². The molecule has 4 saturated carbocycles. The first-order valence-electron chi connectivity index (χ1n) is 14.7. The van der Waals surface area contributed by atoms with Crippen molar-refractivity contribution in [2.75, 3.05) is 0 Å². The monoisotopic (exact) mass is 577 g/mol. The van der Waals surface area contributed by atoms with Crippen molar-refractivity contribution in [1.82, 2.24) is 5.32 Å². The first kappa shape index (κ1) is 28.9. The van der Waals surface area contributed by atoms with Gasteiger partial charge in [-0.3, -0.25) is 18.9 Å². The zero-order valence-electron chi connectivity index (χ0n) is 23.6. The lowest BCUT2D eigenvalue weighted by Gasteiger charge is -2.59. The zero-order chi connectivity index (χ0) is 28.3. The van der Waals surface area contributed by atoms with E-state index in [0.29, 0.717) is 66.3 Å². The molecule has 216 valence electrons. The Kier molecular flexibility index (Phi) is 7.68. The standard InChI is InChI=1S/C30H43NO6S2/c1-5-23(25-8-9-27(38-25)39(35,36)37)31-26(34)14-17(2)20-6-7-21-28-22(11-13-30(20,21)4)29(3)12-10-19(32)15-18(29)16-24(28)33/h8-9,17-18,20-23,28H,5-7,10-16H2,1-4H3,(H,31,34)(H,35,36,37)/t17-,18+,20?,21+,22+,23?,28+,29+,30-/m1/s1. The number of hydrogen-bond donors (Lipinski definition) is 2. The molecule has 5 rings (SSSR count). The van der Waals surface area contributed by atoms with Gasteiger partial charge >= 0.3 is 10.1 Å². The Morgan fingerprint density at radius 3 is 2.49 bits per heavy atom. The molecule has 4 aliphatic carbocycles. The predicted molar refractivity (Wildman–Crippen MR) is 150 cm³/mol. The fraction of sp³-hybridized carbons (Fsp3) is 0.767. The molecule has 0 radical (unpaired) electrons. The summed E-state index contributed by atoms with van der Waals surface area (Å²) in [6.07, 6.45) is 7.88. The number of thiophene rings is 1. The summed E-state index contributed by atoms with van der Waals surface area (Å²) >= 11 is 0.988. The molecule has 0 aliphatic heterocycles. The maximum absolute atomic E-state index is 13.6. The van der Waals surface area contributed by atoms with Gasteiger partial charge in [-0.25, -0.2) is 0 Å². The van der Waals surface area contributed by atoms with Crippen LogP contribution in [0, 0.1) is 46.3 Å². The van der Waals surface area contributed by atoms with Crippen LogP contribution in [0.2, 0.25) is 0 Å². The molecule has 39 heavy (non-hydrogen) atoms. The normalized spacial score (nSPS) is 37.9. The summed E-state index contributed by atoms with van der Waals surface area (Å²) in [7, 11) is -4.26. The average Bonchev–Trinajstić information content (AvgIpc) is 3.48. The molecule has 1 amide bonds. The molecule has 9 heteroatoms. The van der Waals surface area contributed by atoms with E-state index in [4.69, 9.17) is 0 Å². The van der Waals surface area contributed by atoms with E-state index >= 15 is 0 Å². The second-order valence-electron chi connectivity index (χ2n) is 13.4. The van der Waals surface area contributed by atoms with Crippen molar-refractivity contribution in [1.29, 1.82) is 0 Å². The summed E-state index contributed by atoms with van der Waals surface area (Å²) in [4.78, 5) is 39.7. The Balaban J connectivity index is 1.26. The van der Waals surface area contributed by atoms with Crippen molar-refractivity contribution in [3.05, 3.63) is 17.0 Å². The van der Waals surface area contributed by atoms with Gasteiger partial charge < -0.3 is 5.32 Å². The van der Waals surface area contributed by atoms with E-state index in [2.05, 4.69) is 26.1 Å². The number of Topliss-reactive ketones (excluding diaryl/α,β-unsaturated/α-hetero) is 2. The maximum Gasteiger partial charge on any atom is 0.304 e. The Morgan fingerprint density at radius 2 is 1.82 bits per heavy atom. The van der Waals surface area contributed by atoms with Crippen molar-refractivity contribution in [3.63, 3.8) is 0 Å². The van der Waals surface area contributed by atoms with Gasteiger partial charge in [0.05, 0.1) is 6.04 Å². The Bertz CT molecular complexity index is 1260. The molecule has 0 bridgehead atoms. The van der Waals surface area contributed by atoms with Crippen LogP contribution in [0.5, 0.6) is 0 Å². The van der Waals surface area contributed by atoms with Crippen LogP contribution >= 0.6 is 11.3 Å². The number of carbonyl (C=O) groups excluding carboxylic acids is 3. The van der Waals surface area contributed by atoms with Gasteiger partial charge in [-0.15, -0.1) is 11.3 Å². The summed E-state index contributed by atoms with van der Waals surface area (Å²) in [6, 6.07) is 2.73. The van der Waals surface area contributed by atoms with E-state index in [-0.39, 0.29) is 44.7 Å². The third-order valence-corrected chi connectivity index (χ3v) is 14.0. The molecule has 0 aromatic carbocycles. The van der Waals surface area contributed by atoms with Crippen molar-refractivity contribution in [3.8, 4) is 0 Å². The van der Waals surface area contributed by atoms with Gasteiger partial charge in [-0.1, -0.05) is 27.7 Å². The molecule has 7 nitrogen and oxygen atoms in total. The number of nitrogens with one attached hydrogen (secondary N) is 1. The Morgan fingerprint density at radius 1 is 1.10 bits per heavy atom. The van der Waals surface area contributed by atoms with E-state index in [0.717, 1.165) is 43.4 Å². The molecule has 2 unspecified atom stereocenters. The average molecular weight is 578 g/mol. The molecule has 1 heterocycles. The topological polar surface area (TPSA) is 118 Å². The van der Waals surface area contributed by atoms with Gasteiger partial charge in [0.2, 0.25) is 5.91 Å². The minimum Gasteiger partial charge on any atom is -0.348 e. The van der Waals surface area contributed by atoms with Crippen molar-refractivity contribution < 1.29 is 27.4 Å². The smallest absolute Gasteiger partial charge is 0.304 e. The highest BCUT2D eigenvalue weighted by molar-refractivity contribution is 7.88. The lowest BCUT2D eigenvalue weighted by molar-refractivity contribution is -0.159. The van der Waals surface area contributed by atoms with Gasteiger partial charge in [0.15, 0.2) is 0 Å². The molecule has 9 atom stereocenters. The van der Waals surface area contributed by atoms with Crippen LogP contribution < -0.4 is 5.32 Å². The van der Waals surface area contributed by atoms with Gasteiger partial charge in [0.1, 0.15) is 15.8 Å². The van der Waals surface area contributed by atoms with Gasteiger partial charge in [0.25, 0.3) is 0 Å². The van der Waals surface area contributed by atoms with Crippen LogP contribution in [0.1, 0.15) is 103 Å². The molecule has 4 aliphatic rings. The molecular formula is C30H43NO6S2. The third-order valence-electron chi connectivity index (χ3n) is 11.5. The fourth-order valence-corrected chi connectivity index (χ4v) is 11.2. The molecule has 1 aromatic heterocycles. The summed E-state index contributed by atoms with van der Waals surface area (Å²) in [5.74, 6) is 2.20. The lowest BCUT2D eigenvalue weighted by Crippen LogP contribution is -2.57.